The Labute approximate surface area is 244 Å². The van der Waals surface area contributed by atoms with Gasteiger partial charge < -0.3 is 15.3 Å². The summed E-state index contributed by atoms with van der Waals surface area (Å²) in [5.74, 6) is -0.0437. The van der Waals surface area contributed by atoms with Crippen LogP contribution in [0, 0.1) is 13.8 Å². The number of benzene rings is 1. The zero-order valence-corrected chi connectivity index (χ0v) is 25.1. The van der Waals surface area contributed by atoms with Crippen molar-refractivity contribution in [1.29, 1.82) is 0 Å². The third kappa shape index (κ3) is 5.95. The van der Waals surface area contributed by atoms with E-state index in [1.165, 1.54) is 5.56 Å². The van der Waals surface area contributed by atoms with Crippen LogP contribution in [0.3, 0.4) is 0 Å². The number of aliphatic hydroxyl groups is 1. The van der Waals surface area contributed by atoms with Crippen molar-refractivity contribution in [3.63, 3.8) is 0 Å². The van der Waals surface area contributed by atoms with Crippen LogP contribution in [-0.4, -0.2) is 73.3 Å². The number of halogens is 1. The number of amides is 2. The standard InChI is InChI=1S/C31H45N5O3.ClH/c1-4-5-18-35-28(37)27(21-30(39)14-10-7-11-15-30)32-29(38)31(35)16-19-34(20-17-31)22-26-23(2)33-36(24(26)3)25-12-8-6-9-13-25;/h6,8-9,12-13,27,39H,4-5,7,10-11,14-22H2,1-3H3,(H,32,38);1H/t27-;/m1./s1. The first-order chi connectivity index (χ1) is 18.8. The topological polar surface area (TPSA) is 90.7 Å². The van der Waals surface area contributed by atoms with Crippen molar-refractivity contribution >= 4 is 24.2 Å². The van der Waals surface area contributed by atoms with E-state index in [9.17, 15) is 14.7 Å². The van der Waals surface area contributed by atoms with Crippen LogP contribution in [0.5, 0.6) is 0 Å². The minimum absolute atomic E-state index is 0. The number of likely N-dealkylation sites (tertiary alicyclic amines) is 1. The molecule has 2 N–H and O–H groups in total. The first-order valence-electron chi connectivity index (χ1n) is 14.9. The highest BCUT2D eigenvalue weighted by Gasteiger charge is 2.54. The van der Waals surface area contributed by atoms with Gasteiger partial charge in [0.1, 0.15) is 11.6 Å². The maximum absolute atomic E-state index is 13.8. The zero-order chi connectivity index (χ0) is 27.6. The van der Waals surface area contributed by atoms with E-state index in [-0.39, 0.29) is 24.2 Å². The molecule has 2 aromatic rings. The Kier molecular flexibility index (Phi) is 9.63. The van der Waals surface area contributed by atoms with Crippen molar-refractivity contribution in [3.05, 3.63) is 47.3 Å². The monoisotopic (exact) mass is 571 g/mol. The third-order valence-electron chi connectivity index (χ3n) is 9.42. The van der Waals surface area contributed by atoms with Gasteiger partial charge in [-0.1, -0.05) is 50.8 Å². The molecule has 220 valence electrons. The van der Waals surface area contributed by atoms with Crippen LogP contribution in [0.1, 0.15) is 88.1 Å². The predicted octanol–water partition coefficient (Wildman–Crippen LogP) is 4.46. The van der Waals surface area contributed by atoms with Crippen molar-refractivity contribution in [3.8, 4) is 5.69 Å². The molecule has 2 aliphatic heterocycles. The van der Waals surface area contributed by atoms with Gasteiger partial charge in [-0.15, -0.1) is 12.4 Å². The van der Waals surface area contributed by atoms with Crippen LogP contribution in [0.2, 0.25) is 0 Å². The number of piperazine rings is 1. The fourth-order valence-electron chi connectivity index (χ4n) is 6.97. The molecule has 9 heteroatoms. The zero-order valence-electron chi connectivity index (χ0n) is 24.3. The quantitative estimate of drug-likeness (QED) is 0.488. The molecule has 3 aliphatic rings. The highest BCUT2D eigenvalue weighted by atomic mass is 35.5. The summed E-state index contributed by atoms with van der Waals surface area (Å²) in [4.78, 5) is 31.9. The minimum Gasteiger partial charge on any atom is -0.390 e. The van der Waals surface area contributed by atoms with Gasteiger partial charge in [-0.25, -0.2) is 4.68 Å². The third-order valence-corrected chi connectivity index (χ3v) is 9.42. The van der Waals surface area contributed by atoms with Crippen LogP contribution in [0.15, 0.2) is 30.3 Å². The fourth-order valence-corrected chi connectivity index (χ4v) is 6.97. The van der Waals surface area contributed by atoms with E-state index in [4.69, 9.17) is 5.10 Å². The average Bonchev–Trinajstić information content (AvgIpc) is 3.22. The summed E-state index contributed by atoms with van der Waals surface area (Å²) in [6.07, 6.45) is 7.91. The largest absolute Gasteiger partial charge is 0.390 e. The second kappa shape index (κ2) is 12.6. The molecule has 0 unspecified atom stereocenters. The molecular weight excluding hydrogens is 526 g/mol. The molecule has 1 aromatic heterocycles. The molecule has 0 radical (unpaired) electrons. The Morgan fingerprint density at radius 3 is 2.35 bits per heavy atom. The Hall–Kier alpha value is -2.42. The van der Waals surface area contributed by atoms with Gasteiger partial charge in [0.15, 0.2) is 0 Å². The number of unbranched alkanes of at least 4 members (excludes halogenated alkanes) is 1. The fraction of sp³-hybridized carbons (Fsp3) is 0.645. The van der Waals surface area contributed by atoms with Gasteiger partial charge in [0, 0.05) is 43.9 Å². The number of aryl methyl sites for hydroxylation is 1. The molecular formula is C31H46ClN5O3. The van der Waals surface area contributed by atoms with E-state index in [0.29, 0.717) is 38.6 Å². The van der Waals surface area contributed by atoms with E-state index in [0.717, 1.165) is 68.8 Å². The lowest BCUT2D eigenvalue weighted by atomic mass is 9.77. The summed E-state index contributed by atoms with van der Waals surface area (Å²) < 4.78 is 2.01. The van der Waals surface area contributed by atoms with Crippen molar-refractivity contribution < 1.29 is 14.7 Å². The normalized spacial score (nSPS) is 22.7. The number of nitrogens with one attached hydrogen (secondary N) is 1. The molecule has 1 spiro atoms. The Bertz CT molecular complexity index is 1170. The summed E-state index contributed by atoms with van der Waals surface area (Å²) >= 11 is 0. The Balaban J connectivity index is 0.00000370. The molecule has 5 rings (SSSR count). The van der Waals surface area contributed by atoms with Gasteiger partial charge in [0.05, 0.1) is 17.0 Å². The molecule has 1 aliphatic carbocycles. The van der Waals surface area contributed by atoms with E-state index in [2.05, 4.69) is 43.1 Å². The molecule has 2 saturated heterocycles. The van der Waals surface area contributed by atoms with Crippen LogP contribution < -0.4 is 5.32 Å². The van der Waals surface area contributed by atoms with E-state index >= 15 is 0 Å². The number of para-hydroxylation sites is 1. The summed E-state index contributed by atoms with van der Waals surface area (Å²) in [5, 5.41) is 19.0. The molecule has 1 aromatic carbocycles. The first-order valence-corrected chi connectivity index (χ1v) is 14.9. The lowest BCUT2D eigenvalue weighted by Gasteiger charge is -2.52. The summed E-state index contributed by atoms with van der Waals surface area (Å²) in [7, 11) is 0. The van der Waals surface area contributed by atoms with Crippen LogP contribution in [0.25, 0.3) is 5.69 Å². The van der Waals surface area contributed by atoms with Gasteiger partial charge >= 0.3 is 0 Å². The van der Waals surface area contributed by atoms with Crippen molar-refractivity contribution in [1.82, 2.24) is 24.9 Å². The molecule has 3 fully saturated rings. The number of hydrogen-bond acceptors (Lipinski definition) is 5. The van der Waals surface area contributed by atoms with E-state index < -0.39 is 17.2 Å². The van der Waals surface area contributed by atoms with Crippen LogP contribution in [-0.2, 0) is 16.1 Å². The number of aromatic nitrogens is 2. The highest BCUT2D eigenvalue weighted by molar-refractivity contribution is 6.00. The highest BCUT2D eigenvalue weighted by Crippen LogP contribution is 2.38. The van der Waals surface area contributed by atoms with Crippen LogP contribution in [0.4, 0.5) is 0 Å². The number of piperidine rings is 1. The molecule has 1 saturated carbocycles. The summed E-state index contributed by atoms with van der Waals surface area (Å²) in [5.41, 5.74) is 2.79. The second-order valence-electron chi connectivity index (χ2n) is 12.1. The second-order valence-corrected chi connectivity index (χ2v) is 12.1. The van der Waals surface area contributed by atoms with Gasteiger partial charge in [0.25, 0.3) is 0 Å². The molecule has 8 nitrogen and oxygen atoms in total. The molecule has 40 heavy (non-hydrogen) atoms. The van der Waals surface area contributed by atoms with E-state index in [1.807, 2.05) is 27.8 Å². The lowest BCUT2D eigenvalue weighted by Crippen LogP contribution is -2.73. The van der Waals surface area contributed by atoms with E-state index in [1.54, 1.807) is 0 Å². The van der Waals surface area contributed by atoms with Gasteiger partial charge in [-0.2, -0.15) is 5.10 Å². The number of carbonyl (C=O) groups is 2. The maximum Gasteiger partial charge on any atom is 0.246 e. The number of hydrogen-bond donors (Lipinski definition) is 2. The molecule has 2 amide bonds. The Morgan fingerprint density at radius 1 is 1.02 bits per heavy atom. The molecule has 0 bridgehead atoms. The molecule has 1 atom stereocenters. The Morgan fingerprint density at radius 2 is 1.70 bits per heavy atom. The minimum atomic E-state index is -0.851. The van der Waals surface area contributed by atoms with Crippen molar-refractivity contribution in [2.24, 2.45) is 0 Å². The smallest absolute Gasteiger partial charge is 0.246 e. The first kappa shape index (κ1) is 30.5. The lowest BCUT2D eigenvalue weighted by molar-refractivity contribution is -0.163. The number of nitrogens with zero attached hydrogens (tertiary/aromatic N) is 4. The summed E-state index contributed by atoms with van der Waals surface area (Å²) in [6.45, 7) is 9.16. The van der Waals surface area contributed by atoms with Crippen molar-refractivity contribution in [2.75, 3.05) is 19.6 Å². The summed E-state index contributed by atoms with van der Waals surface area (Å²) in [6, 6.07) is 9.56. The van der Waals surface area contributed by atoms with Gasteiger partial charge in [-0.05, 0) is 58.1 Å². The van der Waals surface area contributed by atoms with Gasteiger partial charge in [-0.3, -0.25) is 14.5 Å². The van der Waals surface area contributed by atoms with Crippen LogP contribution >= 0.6 is 12.4 Å². The average molecular weight is 572 g/mol. The maximum atomic E-state index is 13.8. The van der Waals surface area contributed by atoms with Gasteiger partial charge in [0.2, 0.25) is 11.8 Å². The number of rotatable bonds is 8. The predicted molar refractivity (Wildman–Crippen MR) is 159 cm³/mol. The number of carbonyl (C=O) groups excluding carboxylic acids is 2. The SMILES string of the molecule is CCCCN1C(=O)[C@@H](CC2(O)CCCCC2)NC(=O)C12CCN(Cc1c(C)nn(-c3ccccc3)c1C)CC2.Cl. The molecule has 3 heterocycles. The van der Waals surface area contributed by atoms with Crippen molar-refractivity contribution in [2.45, 2.75) is 109 Å².